The number of benzene rings is 3. The SMILES string of the molecule is O=C(Nc1ccc(Cl)cc1Cl)c1cc(S(=O)(=O)N2CCN(c3cccc(Cl)c3)CC2)ccc1F. The van der Waals surface area contributed by atoms with Gasteiger partial charge in [0, 0.05) is 41.9 Å². The van der Waals surface area contributed by atoms with Crippen LogP contribution >= 0.6 is 34.8 Å². The summed E-state index contributed by atoms with van der Waals surface area (Å²) in [6.45, 7) is 1.38. The molecule has 34 heavy (non-hydrogen) atoms. The normalized spacial score (nSPS) is 14.8. The van der Waals surface area contributed by atoms with Gasteiger partial charge in [-0.3, -0.25) is 4.79 Å². The van der Waals surface area contributed by atoms with Crippen molar-refractivity contribution in [2.75, 3.05) is 36.4 Å². The number of sulfonamides is 1. The van der Waals surface area contributed by atoms with E-state index < -0.39 is 27.3 Å². The highest BCUT2D eigenvalue weighted by atomic mass is 35.5. The fraction of sp³-hybridized carbons (Fsp3) is 0.174. The van der Waals surface area contributed by atoms with Gasteiger partial charge < -0.3 is 10.2 Å². The molecule has 1 N–H and O–H groups in total. The van der Waals surface area contributed by atoms with Crippen LogP contribution in [0, 0.1) is 5.82 Å². The Morgan fingerprint density at radius 3 is 2.26 bits per heavy atom. The molecule has 0 aromatic heterocycles. The highest BCUT2D eigenvalue weighted by molar-refractivity contribution is 7.89. The Balaban J connectivity index is 1.51. The molecule has 11 heteroatoms. The Morgan fingerprint density at radius 2 is 1.59 bits per heavy atom. The predicted molar refractivity (Wildman–Crippen MR) is 133 cm³/mol. The number of nitrogens with zero attached hydrogens (tertiary/aromatic N) is 2. The van der Waals surface area contributed by atoms with Crippen LogP contribution in [-0.2, 0) is 10.0 Å². The molecule has 3 aromatic carbocycles. The van der Waals surface area contributed by atoms with Gasteiger partial charge in [-0.25, -0.2) is 12.8 Å². The largest absolute Gasteiger partial charge is 0.369 e. The minimum absolute atomic E-state index is 0.169. The molecule has 1 amide bonds. The van der Waals surface area contributed by atoms with Gasteiger partial charge in [0.1, 0.15) is 5.82 Å². The number of hydrogen-bond donors (Lipinski definition) is 1. The first-order valence-corrected chi connectivity index (χ1v) is 12.8. The molecule has 1 aliphatic rings. The van der Waals surface area contributed by atoms with Crippen molar-refractivity contribution in [1.82, 2.24) is 4.31 Å². The van der Waals surface area contributed by atoms with E-state index in [0.717, 1.165) is 23.9 Å². The van der Waals surface area contributed by atoms with E-state index in [2.05, 4.69) is 5.32 Å². The van der Waals surface area contributed by atoms with E-state index in [4.69, 9.17) is 34.8 Å². The zero-order valence-corrected chi connectivity index (χ0v) is 20.7. The summed E-state index contributed by atoms with van der Waals surface area (Å²) in [7, 11) is -3.94. The van der Waals surface area contributed by atoms with Crippen molar-refractivity contribution >= 4 is 62.1 Å². The van der Waals surface area contributed by atoms with Gasteiger partial charge in [0.2, 0.25) is 10.0 Å². The first-order chi connectivity index (χ1) is 16.1. The van der Waals surface area contributed by atoms with Gasteiger partial charge in [0.15, 0.2) is 0 Å². The Kier molecular flexibility index (Phi) is 7.35. The summed E-state index contributed by atoms with van der Waals surface area (Å²) < 4.78 is 42.2. The Morgan fingerprint density at radius 1 is 0.882 bits per heavy atom. The van der Waals surface area contributed by atoms with E-state index in [9.17, 15) is 17.6 Å². The number of hydrogen-bond acceptors (Lipinski definition) is 4. The standard InChI is InChI=1S/C23H19Cl3FN3O3S/c24-15-2-1-3-17(12-15)29-8-10-30(11-9-29)34(32,33)18-5-6-21(27)19(14-18)23(31)28-22-7-4-16(25)13-20(22)26/h1-7,12-14H,8-11H2,(H,28,31). The van der Waals surface area contributed by atoms with E-state index in [1.807, 2.05) is 23.1 Å². The lowest BCUT2D eigenvalue weighted by Crippen LogP contribution is -2.48. The van der Waals surface area contributed by atoms with Gasteiger partial charge in [0.25, 0.3) is 5.91 Å². The fourth-order valence-corrected chi connectivity index (χ4v) is 5.72. The number of carbonyl (C=O) groups is 1. The van der Waals surface area contributed by atoms with Gasteiger partial charge >= 0.3 is 0 Å². The molecule has 6 nitrogen and oxygen atoms in total. The molecule has 4 rings (SSSR count). The molecule has 0 aliphatic carbocycles. The maximum atomic E-state index is 14.4. The highest BCUT2D eigenvalue weighted by Gasteiger charge is 2.30. The molecule has 0 radical (unpaired) electrons. The highest BCUT2D eigenvalue weighted by Crippen LogP contribution is 2.28. The van der Waals surface area contributed by atoms with Crippen molar-refractivity contribution in [1.29, 1.82) is 0 Å². The van der Waals surface area contributed by atoms with Crippen molar-refractivity contribution in [3.8, 4) is 0 Å². The van der Waals surface area contributed by atoms with Gasteiger partial charge in [0.05, 0.1) is 21.2 Å². The molecule has 0 saturated carbocycles. The molecule has 0 bridgehead atoms. The molecule has 0 spiro atoms. The quantitative estimate of drug-likeness (QED) is 0.459. The third-order valence-corrected chi connectivity index (χ3v) is 8.09. The second-order valence-electron chi connectivity index (χ2n) is 7.59. The summed E-state index contributed by atoms with van der Waals surface area (Å²) in [4.78, 5) is 14.6. The average Bonchev–Trinajstić information content (AvgIpc) is 2.81. The summed E-state index contributed by atoms with van der Waals surface area (Å²) in [6.07, 6.45) is 0. The maximum absolute atomic E-state index is 14.4. The average molecular weight is 543 g/mol. The van der Waals surface area contributed by atoms with Crippen LogP contribution in [0.25, 0.3) is 0 Å². The minimum Gasteiger partial charge on any atom is -0.369 e. The summed E-state index contributed by atoms with van der Waals surface area (Å²) in [5.41, 5.74) is 0.719. The van der Waals surface area contributed by atoms with E-state index in [0.29, 0.717) is 23.1 Å². The molecular weight excluding hydrogens is 524 g/mol. The Labute approximate surface area is 211 Å². The van der Waals surface area contributed by atoms with E-state index in [1.54, 1.807) is 6.07 Å². The fourth-order valence-electron chi connectivity index (χ4n) is 3.63. The zero-order chi connectivity index (χ0) is 24.5. The van der Waals surface area contributed by atoms with Crippen molar-refractivity contribution in [3.63, 3.8) is 0 Å². The third kappa shape index (κ3) is 5.31. The summed E-state index contributed by atoms with van der Waals surface area (Å²) in [5, 5.41) is 3.63. The number of nitrogens with one attached hydrogen (secondary N) is 1. The first-order valence-electron chi connectivity index (χ1n) is 10.2. The monoisotopic (exact) mass is 541 g/mol. The van der Waals surface area contributed by atoms with Crippen molar-refractivity contribution < 1.29 is 17.6 Å². The first kappa shape index (κ1) is 24.8. The molecule has 0 atom stereocenters. The zero-order valence-electron chi connectivity index (χ0n) is 17.6. The summed E-state index contributed by atoms with van der Waals surface area (Å²) in [5.74, 6) is -1.68. The minimum atomic E-state index is -3.94. The van der Waals surface area contributed by atoms with Crippen molar-refractivity contribution in [3.05, 3.63) is 87.1 Å². The van der Waals surface area contributed by atoms with Crippen LogP contribution in [0.5, 0.6) is 0 Å². The number of piperazine rings is 1. The Hall–Kier alpha value is -2.36. The second kappa shape index (κ2) is 10.1. The second-order valence-corrected chi connectivity index (χ2v) is 10.8. The topological polar surface area (TPSA) is 69.7 Å². The number of anilines is 2. The van der Waals surface area contributed by atoms with Crippen molar-refractivity contribution in [2.24, 2.45) is 0 Å². The van der Waals surface area contributed by atoms with Crippen LogP contribution in [0.15, 0.2) is 65.6 Å². The number of halogens is 4. The Bertz CT molecular complexity index is 1350. The van der Waals surface area contributed by atoms with Gasteiger partial charge in [-0.1, -0.05) is 40.9 Å². The molecule has 1 fully saturated rings. The van der Waals surface area contributed by atoms with Crippen LogP contribution in [0.1, 0.15) is 10.4 Å². The molecule has 3 aromatic rings. The summed E-state index contributed by atoms with van der Waals surface area (Å²) in [6, 6.07) is 14.9. The molecule has 178 valence electrons. The van der Waals surface area contributed by atoms with E-state index >= 15 is 0 Å². The molecule has 1 aliphatic heterocycles. The smallest absolute Gasteiger partial charge is 0.258 e. The van der Waals surface area contributed by atoms with Crippen LogP contribution in [0.3, 0.4) is 0 Å². The van der Waals surface area contributed by atoms with Crippen LogP contribution in [0.2, 0.25) is 15.1 Å². The number of amides is 1. The van der Waals surface area contributed by atoms with E-state index in [1.165, 1.54) is 22.5 Å². The predicted octanol–water partition coefficient (Wildman–Crippen LogP) is 5.55. The lowest BCUT2D eigenvalue weighted by molar-refractivity contribution is 0.102. The molecular formula is C23H19Cl3FN3O3S. The lowest BCUT2D eigenvalue weighted by atomic mass is 10.2. The van der Waals surface area contributed by atoms with Crippen LogP contribution in [-0.4, -0.2) is 44.8 Å². The molecule has 1 heterocycles. The van der Waals surface area contributed by atoms with Crippen LogP contribution < -0.4 is 10.2 Å². The lowest BCUT2D eigenvalue weighted by Gasteiger charge is -2.35. The maximum Gasteiger partial charge on any atom is 0.258 e. The number of carbonyl (C=O) groups excluding carboxylic acids is 1. The van der Waals surface area contributed by atoms with Gasteiger partial charge in [-0.15, -0.1) is 0 Å². The van der Waals surface area contributed by atoms with E-state index in [-0.39, 0.29) is 28.7 Å². The van der Waals surface area contributed by atoms with Gasteiger partial charge in [-0.05, 0) is 54.6 Å². The number of rotatable bonds is 5. The molecule has 1 saturated heterocycles. The van der Waals surface area contributed by atoms with Crippen molar-refractivity contribution in [2.45, 2.75) is 4.90 Å². The summed E-state index contributed by atoms with van der Waals surface area (Å²) >= 11 is 18.0. The van der Waals surface area contributed by atoms with Crippen LogP contribution in [0.4, 0.5) is 15.8 Å². The molecule has 0 unspecified atom stereocenters. The van der Waals surface area contributed by atoms with Gasteiger partial charge in [-0.2, -0.15) is 4.31 Å². The third-order valence-electron chi connectivity index (χ3n) is 5.41.